The summed E-state index contributed by atoms with van der Waals surface area (Å²) in [5.74, 6) is 0.989. The summed E-state index contributed by atoms with van der Waals surface area (Å²) >= 11 is 0. The number of ether oxygens (including phenoxy) is 2. The summed E-state index contributed by atoms with van der Waals surface area (Å²) in [6, 6.07) is 5.92. The Kier molecular flexibility index (Phi) is 5.25. The van der Waals surface area contributed by atoms with Gasteiger partial charge in [-0.1, -0.05) is 13.0 Å². The molecule has 3 heterocycles. The Hall–Kier alpha value is -1.66. The van der Waals surface area contributed by atoms with Crippen molar-refractivity contribution in [3.63, 3.8) is 0 Å². The highest BCUT2D eigenvalue weighted by molar-refractivity contribution is 5.97. The smallest absolute Gasteiger partial charge is 0.265 e. The van der Waals surface area contributed by atoms with Gasteiger partial charge in [0.2, 0.25) is 0 Å². The third-order valence-corrected chi connectivity index (χ3v) is 6.99. The first-order valence-electron chi connectivity index (χ1n) is 11.2. The second-order valence-electron chi connectivity index (χ2n) is 9.44. The third-order valence-electron chi connectivity index (χ3n) is 6.99. The number of amides is 1. The number of piperidine rings is 1. The van der Waals surface area contributed by atoms with Crippen LogP contribution in [0.1, 0.15) is 45.4 Å². The van der Waals surface area contributed by atoms with E-state index in [1.54, 1.807) is 17.0 Å². The van der Waals surface area contributed by atoms with Gasteiger partial charge in [-0.3, -0.25) is 9.69 Å². The summed E-state index contributed by atoms with van der Waals surface area (Å²) in [6.45, 7) is 4.56. The maximum atomic E-state index is 14.4. The molecule has 0 spiro atoms. The molecule has 1 aliphatic carbocycles. The minimum absolute atomic E-state index is 0.0157. The lowest BCUT2D eigenvalue weighted by Gasteiger charge is -2.41. The molecule has 1 aromatic rings. The molecule has 2 saturated heterocycles. The molecule has 4 aliphatic rings. The van der Waals surface area contributed by atoms with E-state index in [9.17, 15) is 9.18 Å². The zero-order chi connectivity index (χ0) is 20.0. The standard InChI is InChI=1S/C23H31FN2O3/c1-15(12-26-22(27)14-29-21-4-2-3-20(24)23(21)26)11-25-17-7-8-18(25)10-19(9-17)28-13-16-5-6-16/h2-4,15-19H,5-14H2,1H3. The number of carbonyl (C=O) groups excluding carboxylic acids is 1. The molecular weight excluding hydrogens is 371 g/mol. The lowest BCUT2D eigenvalue weighted by Crippen LogP contribution is -2.49. The van der Waals surface area contributed by atoms with Crippen LogP contribution in [0.2, 0.25) is 0 Å². The first-order chi connectivity index (χ1) is 14.1. The van der Waals surface area contributed by atoms with Crippen LogP contribution in [0.5, 0.6) is 5.75 Å². The topological polar surface area (TPSA) is 42.0 Å². The quantitative estimate of drug-likeness (QED) is 0.699. The van der Waals surface area contributed by atoms with Crippen LogP contribution in [-0.2, 0) is 9.53 Å². The van der Waals surface area contributed by atoms with E-state index in [1.165, 1.54) is 31.7 Å². The number of halogens is 1. The number of para-hydroxylation sites is 1. The van der Waals surface area contributed by atoms with Gasteiger partial charge in [0.15, 0.2) is 12.4 Å². The largest absolute Gasteiger partial charge is 0.481 e. The maximum Gasteiger partial charge on any atom is 0.265 e. The molecule has 1 aromatic carbocycles. The average Bonchev–Trinajstić information content (AvgIpc) is 3.49. The fraction of sp³-hybridized carbons (Fsp3) is 0.696. The molecule has 3 atom stereocenters. The van der Waals surface area contributed by atoms with Gasteiger partial charge in [-0.25, -0.2) is 4.39 Å². The normalized spacial score (nSPS) is 30.2. The van der Waals surface area contributed by atoms with Crippen molar-refractivity contribution in [3.05, 3.63) is 24.0 Å². The van der Waals surface area contributed by atoms with E-state index in [4.69, 9.17) is 9.47 Å². The molecule has 158 valence electrons. The van der Waals surface area contributed by atoms with E-state index in [0.29, 0.717) is 36.2 Å². The Morgan fingerprint density at radius 2 is 1.93 bits per heavy atom. The van der Waals surface area contributed by atoms with Crippen molar-refractivity contribution in [2.45, 2.75) is 63.6 Å². The predicted octanol–water partition coefficient (Wildman–Crippen LogP) is 3.61. The van der Waals surface area contributed by atoms with Gasteiger partial charge in [0.05, 0.1) is 6.10 Å². The summed E-state index contributed by atoms with van der Waals surface area (Å²) < 4.78 is 26.0. The van der Waals surface area contributed by atoms with Crippen LogP contribution in [0.4, 0.5) is 10.1 Å². The minimum Gasteiger partial charge on any atom is -0.481 e. The molecule has 0 radical (unpaired) electrons. The van der Waals surface area contributed by atoms with Crippen LogP contribution in [0.25, 0.3) is 0 Å². The van der Waals surface area contributed by atoms with Crippen LogP contribution in [0.3, 0.4) is 0 Å². The van der Waals surface area contributed by atoms with Crippen LogP contribution in [0, 0.1) is 17.7 Å². The second kappa shape index (κ2) is 7.88. The predicted molar refractivity (Wildman–Crippen MR) is 109 cm³/mol. The molecule has 5 nitrogen and oxygen atoms in total. The number of hydrogen-bond acceptors (Lipinski definition) is 4. The van der Waals surface area contributed by atoms with Crippen LogP contribution in [0.15, 0.2) is 18.2 Å². The summed E-state index contributed by atoms with van der Waals surface area (Å²) in [4.78, 5) is 16.7. The van der Waals surface area contributed by atoms with E-state index in [0.717, 1.165) is 31.9 Å². The zero-order valence-corrected chi connectivity index (χ0v) is 17.2. The van der Waals surface area contributed by atoms with E-state index in [2.05, 4.69) is 11.8 Å². The first kappa shape index (κ1) is 19.3. The molecule has 2 bridgehead atoms. The highest BCUT2D eigenvalue weighted by Crippen LogP contribution is 2.39. The minimum atomic E-state index is -0.392. The van der Waals surface area contributed by atoms with Crippen LogP contribution < -0.4 is 9.64 Å². The molecule has 5 rings (SSSR count). The van der Waals surface area contributed by atoms with Gasteiger partial charge in [-0.2, -0.15) is 0 Å². The lowest BCUT2D eigenvalue weighted by molar-refractivity contribution is -0.121. The molecule has 0 N–H and O–H groups in total. The first-order valence-corrected chi connectivity index (χ1v) is 11.2. The molecule has 3 aliphatic heterocycles. The number of fused-ring (bicyclic) bond motifs is 3. The summed E-state index contributed by atoms with van der Waals surface area (Å²) in [6.07, 6.45) is 7.85. The van der Waals surface area contributed by atoms with Gasteiger partial charge >= 0.3 is 0 Å². The van der Waals surface area contributed by atoms with Gasteiger partial charge in [0.25, 0.3) is 5.91 Å². The van der Waals surface area contributed by atoms with Crippen molar-refractivity contribution < 1.29 is 18.7 Å². The Bertz CT molecular complexity index is 754. The van der Waals surface area contributed by atoms with Crippen molar-refractivity contribution in [2.75, 3.05) is 31.2 Å². The monoisotopic (exact) mass is 402 g/mol. The highest BCUT2D eigenvalue weighted by Gasteiger charge is 2.42. The Balaban J connectivity index is 1.20. The van der Waals surface area contributed by atoms with E-state index < -0.39 is 5.82 Å². The molecule has 3 unspecified atom stereocenters. The number of benzene rings is 1. The Morgan fingerprint density at radius 3 is 2.66 bits per heavy atom. The third kappa shape index (κ3) is 4.02. The van der Waals surface area contributed by atoms with Crippen LogP contribution >= 0.6 is 0 Å². The zero-order valence-electron chi connectivity index (χ0n) is 17.2. The SMILES string of the molecule is CC(CN1C(=O)COc2cccc(F)c21)CN1C2CCC1CC(OCC1CC1)C2. The van der Waals surface area contributed by atoms with Gasteiger partial charge in [0, 0.05) is 31.8 Å². The fourth-order valence-electron chi connectivity index (χ4n) is 5.35. The van der Waals surface area contributed by atoms with E-state index >= 15 is 0 Å². The van der Waals surface area contributed by atoms with Gasteiger partial charge in [-0.15, -0.1) is 0 Å². The average molecular weight is 403 g/mol. The summed E-state index contributed by atoms with van der Waals surface area (Å²) in [7, 11) is 0. The molecule has 6 heteroatoms. The molecular formula is C23H31FN2O3. The van der Waals surface area contributed by atoms with Crippen molar-refractivity contribution in [1.82, 2.24) is 4.90 Å². The summed E-state index contributed by atoms with van der Waals surface area (Å²) in [5, 5.41) is 0. The number of hydrogen-bond donors (Lipinski definition) is 0. The van der Waals surface area contributed by atoms with Crippen LogP contribution in [-0.4, -0.2) is 55.3 Å². The molecule has 1 saturated carbocycles. The van der Waals surface area contributed by atoms with Crippen molar-refractivity contribution >= 4 is 11.6 Å². The maximum absolute atomic E-state index is 14.4. The second-order valence-corrected chi connectivity index (χ2v) is 9.44. The summed E-state index contributed by atoms with van der Waals surface area (Å²) in [5.41, 5.74) is 0.297. The van der Waals surface area contributed by atoms with E-state index in [1.807, 2.05) is 0 Å². The highest BCUT2D eigenvalue weighted by atomic mass is 19.1. The van der Waals surface area contributed by atoms with Gasteiger partial charge in [-0.05, 0) is 62.5 Å². The van der Waals surface area contributed by atoms with Gasteiger partial charge in [0.1, 0.15) is 11.4 Å². The number of carbonyl (C=O) groups is 1. The van der Waals surface area contributed by atoms with E-state index in [-0.39, 0.29) is 18.4 Å². The Morgan fingerprint density at radius 1 is 1.17 bits per heavy atom. The lowest BCUT2D eigenvalue weighted by atomic mass is 9.97. The van der Waals surface area contributed by atoms with Crippen molar-refractivity contribution in [1.29, 1.82) is 0 Å². The molecule has 3 fully saturated rings. The molecule has 0 aromatic heterocycles. The number of rotatable bonds is 7. The fourth-order valence-corrected chi connectivity index (χ4v) is 5.35. The number of nitrogens with zero attached hydrogens (tertiary/aromatic N) is 2. The van der Waals surface area contributed by atoms with Crippen molar-refractivity contribution in [2.24, 2.45) is 11.8 Å². The number of anilines is 1. The molecule has 29 heavy (non-hydrogen) atoms. The Labute approximate surface area is 172 Å². The molecule has 1 amide bonds. The van der Waals surface area contributed by atoms with Gasteiger partial charge < -0.3 is 14.4 Å². The van der Waals surface area contributed by atoms with Crippen molar-refractivity contribution in [3.8, 4) is 5.75 Å².